The molecule has 2 rings (SSSR count). The van der Waals surface area contributed by atoms with Crippen LogP contribution in [0.15, 0.2) is 18.2 Å². The maximum Gasteiger partial charge on any atom is 0.123 e. The first-order valence-electron chi connectivity index (χ1n) is 7.00. The van der Waals surface area contributed by atoms with E-state index in [1.54, 1.807) is 19.2 Å². The van der Waals surface area contributed by atoms with Crippen molar-refractivity contribution in [3.8, 4) is 5.75 Å². The van der Waals surface area contributed by atoms with Crippen molar-refractivity contribution in [1.82, 2.24) is 4.90 Å². The smallest absolute Gasteiger partial charge is 0.123 e. The highest BCUT2D eigenvalue weighted by molar-refractivity contribution is 5.37. The third-order valence-electron chi connectivity index (χ3n) is 3.82. The van der Waals surface area contributed by atoms with Crippen LogP contribution in [-0.4, -0.2) is 38.2 Å². The molecule has 1 aromatic carbocycles. The van der Waals surface area contributed by atoms with Crippen LogP contribution in [0, 0.1) is 5.82 Å². The Kier molecular flexibility index (Phi) is 5.16. The molecule has 1 atom stereocenters. The molecule has 0 aliphatic carbocycles. The molecular weight excluding hydrogens is 243 g/mol. The van der Waals surface area contributed by atoms with Gasteiger partial charge in [0.2, 0.25) is 0 Å². The Morgan fingerprint density at radius 3 is 2.74 bits per heavy atom. The average molecular weight is 266 g/mol. The molecule has 0 radical (unpaired) electrons. The maximum atomic E-state index is 13.5. The molecule has 1 fully saturated rings. The Morgan fingerprint density at radius 2 is 2.11 bits per heavy atom. The first kappa shape index (κ1) is 14.3. The van der Waals surface area contributed by atoms with Crippen molar-refractivity contribution in [2.75, 3.05) is 33.3 Å². The second kappa shape index (κ2) is 6.87. The molecule has 0 bridgehead atoms. The number of ether oxygens (including phenoxy) is 1. The molecule has 2 N–H and O–H groups in total. The Bertz CT molecular complexity index is 405. The lowest BCUT2D eigenvalue weighted by Gasteiger charge is -2.25. The van der Waals surface area contributed by atoms with Crippen LogP contribution in [0.3, 0.4) is 0 Å². The van der Waals surface area contributed by atoms with Crippen molar-refractivity contribution >= 4 is 0 Å². The van der Waals surface area contributed by atoms with Crippen LogP contribution in [0.25, 0.3) is 0 Å². The normalized spacial score (nSPS) is 17.6. The Morgan fingerprint density at radius 1 is 1.37 bits per heavy atom. The zero-order valence-corrected chi connectivity index (χ0v) is 11.6. The summed E-state index contributed by atoms with van der Waals surface area (Å²) in [6.07, 6.45) is 3.38. The topological polar surface area (TPSA) is 38.5 Å². The number of methoxy groups -OCH3 is 1. The van der Waals surface area contributed by atoms with Crippen molar-refractivity contribution in [3.05, 3.63) is 29.6 Å². The second-order valence-corrected chi connectivity index (χ2v) is 5.17. The summed E-state index contributed by atoms with van der Waals surface area (Å²) in [7, 11) is 1.63. The second-order valence-electron chi connectivity index (χ2n) is 5.17. The number of benzene rings is 1. The van der Waals surface area contributed by atoms with Gasteiger partial charge in [-0.15, -0.1) is 0 Å². The number of halogens is 1. The van der Waals surface area contributed by atoms with Gasteiger partial charge < -0.3 is 15.4 Å². The fourth-order valence-electron chi connectivity index (χ4n) is 2.85. The molecule has 3 nitrogen and oxygen atoms in total. The molecule has 1 unspecified atom stereocenters. The lowest BCUT2D eigenvalue weighted by atomic mass is 9.94. The summed E-state index contributed by atoms with van der Waals surface area (Å²) in [6, 6.07) is 4.74. The zero-order valence-electron chi connectivity index (χ0n) is 11.6. The van der Waals surface area contributed by atoms with Gasteiger partial charge in [0, 0.05) is 18.0 Å². The van der Waals surface area contributed by atoms with Crippen LogP contribution < -0.4 is 10.5 Å². The van der Waals surface area contributed by atoms with Crippen LogP contribution >= 0.6 is 0 Å². The molecule has 1 heterocycles. The number of likely N-dealkylation sites (tertiary alicyclic amines) is 1. The van der Waals surface area contributed by atoms with Gasteiger partial charge in [-0.25, -0.2) is 4.39 Å². The molecular formula is C15H23FN2O. The number of hydrogen-bond donors (Lipinski definition) is 1. The van der Waals surface area contributed by atoms with Crippen molar-refractivity contribution in [2.45, 2.75) is 25.2 Å². The lowest BCUT2D eigenvalue weighted by molar-refractivity contribution is 0.303. The summed E-state index contributed by atoms with van der Waals surface area (Å²) in [6.45, 7) is 3.83. The minimum Gasteiger partial charge on any atom is -0.496 e. The molecule has 0 saturated carbocycles. The van der Waals surface area contributed by atoms with Crippen molar-refractivity contribution in [2.24, 2.45) is 5.73 Å². The van der Waals surface area contributed by atoms with E-state index >= 15 is 0 Å². The van der Waals surface area contributed by atoms with Crippen LogP contribution in [0.2, 0.25) is 0 Å². The minimum atomic E-state index is -0.209. The van der Waals surface area contributed by atoms with E-state index in [9.17, 15) is 4.39 Å². The van der Waals surface area contributed by atoms with Gasteiger partial charge in [0.15, 0.2) is 0 Å². The quantitative estimate of drug-likeness (QED) is 0.859. The van der Waals surface area contributed by atoms with Crippen molar-refractivity contribution < 1.29 is 9.13 Å². The van der Waals surface area contributed by atoms with E-state index in [2.05, 4.69) is 4.90 Å². The predicted octanol–water partition coefficient (Wildman–Crippen LogP) is 2.36. The number of rotatable bonds is 6. The first-order chi connectivity index (χ1) is 9.24. The molecule has 1 aliphatic rings. The van der Waals surface area contributed by atoms with E-state index in [1.807, 2.05) is 0 Å². The monoisotopic (exact) mass is 266 g/mol. The van der Waals surface area contributed by atoms with E-state index in [0.29, 0.717) is 6.54 Å². The van der Waals surface area contributed by atoms with E-state index in [4.69, 9.17) is 10.5 Å². The molecule has 106 valence electrons. The van der Waals surface area contributed by atoms with Gasteiger partial charge in [-0.2, -0.15) is 0 Å². The SMILES string of the molecule is COc1ccc(F)cc1C(CCN)CN1CCCC1. The molecule has 0 spiro atoms. The molecule has 0 aromatic heterocycles. The standard InChI is InChI=1S/C15H23FN2O/c1-19-15-5-4-13(16)10-14(15)12(6-7-17)11-18-8-2-3-9-18/h4-5,10,12H,2-3,6-9,11,17H2,1H3. The number of hydrogen-bond acceptors (Lipinski definition) is 3. The minimum absolute atomic E-state index is 0.209. The summed E-state index contributed by atoms with van der Waals surface area (Å²) >= 11 is 0. The van der Waals surface area contributed by atoms with E-state index in [1.165, 1.54) is 18.9 Å². The fourth-order valence-corrected chi connectivity index (χ4v) is 2.85. The van der Waals surface area contributed by atoms with Crippen molar-refractivity contribution in [3.63, 3.8) is 0 Å². The molecule has 4 heteroatoms. The lowest BCUT2D eigenvalue weighted by Crippen LogP contribution is -2.27. The van der Waals surface area contributed by atoms with Crippen molar-refractivity contribution in [1.29, 1.82) is 0 Å². The highest BCUT2D eigenvalue weighted by Gasteiger charge is 2.21. The maximum absolute atomic E-state index is 13.5. The summed E-state index contributed by atoms with van der Waals surface area (Å²) in [5, 5.41) is 0. The number of nitrogens with zero attached hydrogens (tertiary/aromatic N) is 1. The van der Waals surface area contributed by atoms with Gasteiger partial charge in [0.05, 0.1) is 7.11 Å². The van der Waals surface area contributed by atoms with Crippen LogP contribution in [-0.2, 0) is 0 Å². The van der Waals surface area contributed by atoms with Gasteiger partial charge in [-0.3, -0.25) is 0 Å². The molecule has 0 amide bonds. The van der Waals surface area contributed by atoms with Gasteiger partial charge in [0.25, 0.3) is 0 Å². The molecule has 1 saturated heterocycles. The van der Waals surface area contributed by atoms with E-state index in [-0.39, 0.29) is 11.7 Å². The Labute approximate surface area is 114 Å². The van der Waals surface area contributed by atoms with E-state index < -0.39 is 0 Å². The Hall–Kier alpha value is -1.13. The summed E-state index contributed by atoms with van der Waals surface area (Å²) in [5.74, 6) is 0.798. The third kappa shape index (κ3) is 3.67. The van der Waals surface area contributed by atoms with Gasteiger partial charge in [-0.1, -0.05) is 0 Å². The fraction of sp³-hybridized carbons (Fsp3) is 0.600. The largest absolute Gasteiger partial charge is 0.496 e. The third-order valence-corrected chi connectivity index (χ3v) is 3.82. The Balaban J connectivity index is 2.18. The summed E-state index contributed by atoms with van der Waals surface area (Å²) < 4.78 is 18.9. The predicted molar refractivity (Wildman–Crippen MR) is 75.0 cm³/mol. The molecule has 1 aliphatic heterocycles. The first-order valence-corrected chi connectivity index (χ1v) is 7.00. The molecule has 19 heavy (non-hydrogen) atoms. The summed E-state index contributed by atoms with van der Waals surface area (Å²) in [4.78, 5) is 2.44. The van der Waals surface area contributed by atoms with Gasteiger partial charge >= 0.3 is 0 Å². The van der Waals surface area contributed by atoms with Crippen LogP contribution in [0.4, 0.5) is 4.39 Å². The average Bonchev–Trinajstić information content (AvgIpc) is 2.91. The zero-order chi connectivity index (χ0) is 13.7. The highest BCUT2D eigenvalue weighted by atomic mass is 19.1. The van der Waals surface area contributed by atoms with Gasteiger partial charge in [-0.05, 0) is 57.1 Å². The van der Waals surface area contributed by atoms with Crippen LogP contribution in [0.1, 0.15) is 30.7 Å². The summed E-state index contributed by atoms with van der Waals surface area (Å²) in [5.41, 5.74) is 6.66. The van der Waals surface area contributed by atoms with Gasteiger partial charge in [0.1, 0.15) is 11.6 Å². The number of nitrogens with two attached hydrogens (primary N) is 1. The highest BCUT2D eigenvalue weighted by Crippen LogP contribution is 2.31. The van der Waals surface area contributed by atoms with E-state index in [0.717, 1.165) is 37.4 Å². The molecule has 1 aromatic rings. The van der Waals surface area contributed by atoms with Crippen LogP contribution in [0.5, 0.6) is 5.75 Å².